The summed E-state index contributed by atoms with van der Waals surface area (Å²) in [7, 11) is -2.44. The van der Waals surface area contributed by atoms with E-state index in [1.807, 2.05) is 0 Å². The molecule has 1 aromatic heterocycles. The molecule has 3 aromatic rings. The van der Waals surface area contributed by atoms with Gasteiger partial charge in [-0.25, -0.2) is 23.0 Å². The monoisotopic (exact) mass is 430 g/mol. The highest BCUT2D eigenvalue weighted by Gasteiger charge is 2.23. The van der Waals surface area contributed by atoms with Crippen LogP contribution in [0.5, 0.6) is 0 Å². The Balaban J connectivity index is 1.76. The third kappa shape index (κ3) is 4.36. The number of aryl methyl sites for hydroxylation is 1. The first kappa shape index (κ1) is 21.1. The van der Waals surface area contributed by atoms with Crippen LogP contribution in [-0.4, -0.2) is 36.2 Å². The lowest BCUT2D eigenvalue weighted by atomic mass is 10.1. The molecule has 1 heterocycles. The van der Waals surface area contributed by atoms with Crippen molar-refractivity contribution in [2.75, 3.05) is 5.32 Å². The number of hydrogen-bond acceptors (Lipinski definition) is 7. The Morgan fingerprint density at radius 3 is 2.30 bits per heavy atom. The molecule has 0 saturated carbocycles. The summed E-state index contributed by atoms with van der Waals surface area (Å²) >= 11 is 0. The van der Waals surface area contributed by atoms with E-state index in [4.69, 9.17) is 9.88 Å². The van der Waals surface area contributed by atoms with Crippen LogP contribution in [0.4, 0.5) is 5.69 Å². The van der Waals surface area contributed by atoms with Gasteiger partial charge in [-0.1, -0.05) is 18.2 Å². The normalized spacial score (nSPS) is 12.4. The molecule has 0 aliphatic carbocycles. The van der Waals surface area contributed by atoms with Gasteiger partial charge in [-0.3, -0.25) is 9.59 Å². The van der Waals surface area contributed by atoms with E-state index in [-0.39, 0.29) is 16.1 Å². The molecular formula is C19H18N4O6S. The van der Waals surface area contributed by atoms with Crippen molar-refractivity contribution < 1.29 is 22.7 Å². The van der Waals surface area contributed by atoms with Crippen molar-refractivity contribution in [3.8, 4) is 0 Å². The highest BCUT2D eigenvalue weighted by molar-refractivity contribution is 7.89. The van der Waals surface area contributed by atoms with Crippen LogP contribution in [0.1, 0.15) is 17.4 Å². The summed E-state index contributed by atoms with van der Waals surface area (Å²) in [5.74, 6) is -1.50. The van der Waals surface area contributed by atoms with Gasteiger partial charge in [-0.05, 0) is 37.3 Å². The molecule has 3 rings (SSSR count). The minimum Gasteiger partial charge on any atom is -0.448 e. The summed E-state index contributed by atoms with van der Waals surface area (Å²) in [5.41, 5.74) is -0.165. The summed E-state index contributed by atoms with van der Waals surface area (Å²) in [6.45, 7) is 1.37. The third-order valence-corrected chi connectivity index (χ3v) is 5.18. The lowest BCUT2D eigenvalue weighted by Gasteiger charge is -2.14. The Hall–Kier alpha value is -3.57. The van der Waals surface area contributed by atoms with Crippen LogP contribution in [0.15, 0.2) is 58.2 Å². The van der Waals surface area contributed by atoms with Gasteiger partial charge in [-0.2, -0.15) is 5.10 Å². The largest absolute Gasteiger partial charge is 0.448 e. The van der Waals surface area contributed by atoms with Crippen LogP contribution < -0.4 is 16.0 Å². The van der Waals surface area contributed by atoms with Crippen molar-refractivity contribution in [3.05, 3.63) is 64.6 Å². The van der Waals surface area contributed by atoms with E-state index in [9.17, 15) is 22.8 Å². The molecule has 30 heavy (non-hydrogen) atoms. The van der Waals surface area contributed by atoms with Crippen LogP contribution in [0.2, 0.25) is 0 Å². The number of sulfonamides is 1. The quantitative estimate of drug-likeness (QED) is 0.567. The molecule has 2 aromatic carbocycles. The van der Waals surface area contributed by atoms with Crippen molar-refractivity contribution in [1.29, 1.82) is 0 Å². The van der Waals surface area contributed by atoms with Gasteiger partial charge in [0.05, 0.1) is 10.3 Å². The Bertz CT molecular complexity index is 1300. The molecule has 1 atom stereocenters. The van der Waals surface area contributed by atoms with Gasteiger partial charge in [0.25, 0.3) is 11.5 Å². The van der Waals surface area contributed by atoms with E-state index in [2.05, 4.69) is 10.4 Å². The number of aromatic nitrogens is 2. The zero-order valence-corrected chi connectivity index (χ0v) is 16.8. The van der Waals surface area contributed by atoms with Gasteiger partial charge < -0.3 is 10.1 Å². The molecular weight excluding hydrogens is 412 g/mol. The van der Waals surface area contributed by atoms with Gasteiger partial charge in [0, 0.05) is 18.1 Å². The van der Waals surface area contributed by atoms with Gasteiger partial charge >= 0.3 is 5.97 Å². The van der Waals surface area contributed by atoms with E-state index in [0.29, 0.717) is 16.5 Å². The first-order chi connectivity index (χ1) is 14.1. The molecule has 0 aliphatic heterocycles. The summed E-state index contributed by atoms with van der Waals surface area (Å²) < 4.78 is 28.8. The number of rotatable bonds is 5. The molecule has 1 amide bonds. The molecule has 0 aliphatic rings. The Labute approximate surface area is 171 Å². The summed E-state index contributed by atoms with van der Waals surface area (Å²) in [5, 5.41) is 12.1. The van der Waals surface area contributed by atoms with Crippen molar-refractivity contribution >= 4 is 38.4 Å². The number of fused-ring (bicyclic) bond motifs is 1. The number of nitrogens with one attached hydrogen (secondary N) is 1. The fourth-order valence-corrected chi connectivity index (χ4v) is 3.21. The number of benzene rings is 2. The standard InChI is InChI=1S/C19H18N4O6S/c1-11(17(24)21-12-7-9-13(10-8-12)30(20,27)28)29-19(26)16-14-5-3-4-6-15(14)18(25)23(2)22-16/h3-11H,1-2H3,(H,21,24)(H2,20,27,28)/t11-/m0/s1. The molecule has 11 heteroatoms. The smallest absolute Gasteiger partial charge is 0.360 e. The van der Waals surface area contributed by atoms with Crippen molar-refractivity contribution in [3.63, 3.8) is 0 Å². The number of carbonyl (C=O) groups is 2. The topological polar surface area (TPSA) is 150 Å². The number of ether oxygens (including phenoxy) is 1. The zero-order valence-electron chi connectivity index (χ0n) is 16.0. The first-order valence-corrected chi connectivity index (χ1v) is 10.2. The molecule has 0 bridgehead atoms. The number of anilines is 1. The second-order valence-electron chi connectivity index (χ2n) is 6.43. The highest BCUT2D eigenvalue weighted by atomic mass is 32.2. The van der Waals surface area contributed by atoms with Crippen molar-refractivity contribution in [1.82, 2.24) is 9.78 Å². The zero-order chi connectivity index (χ0) is 22.1. The predicted molar refractivity (Wildman–Crippen MR) is 108 cm³/mol. The summed E-state index contributed by atoms with van der Waals surface area (Å²) in [4.78, 5) is 37.0. The SMILES string of the molecule is C[C@H](OC(=O)c1nn(C)c(=O)c2ccccc12)C(=O)Nc1ccc(S(N)(=O)=O)cc1. The van der Waals surface area contributed by atoms with Gasteiger partial charge in [0.2, 0.25) is 10.0 Å². The van der Waals surface area contributed by atoms with E-state index < -0.39 is 28.0 Å². The number of nitrogens with two attached hydrogens (primary N) is 1. The summed E-state index contributed by atoms with van der Waals surface area (Å²) in [6, 6.07) is 11.6. The van der Waals surface area contributed by atoms with E-state index in [1.54, 1.807) is 24.3 Å². The molecule has 0 saturated heterocycles. The lowest BCUT2D eigenvalue weighted by molar-refractivity contribution is -0.123. The molecule has 0 spiro atoms. The number of primary sulfonamides is 1. The number of nitrogens with zero attached hydrogens (tertiary/aromatic N) is 2. The maximum Gasteiger partial charge on any atom is 0.360 e. The van der Waals surface area contributed by atoms with Crippen LogP contribution >= 0.6 is 0 Å². The van der Waals surface area contributed by atoms with E-state index in [1.165, 1.54) is 38.2 Å². The predicted octanol–water partition coefficient (Wildman–Crippen LogP) is 0.765. The molecule has 0 unspecified atom stereocenters. The maximum atomic E-state index is 12.6. The first-order valence-electron chi connectivity index (χ1n) is 8.68. The number of hydrogen-bond donors (Lipinski definition) is 2. The molecule has 3 N–H and O–H groups in total. The number of carbonyl (C=O) groups excluding carboxylic acids is 2. The van der Waals surface area contributed by atoms with Crippen LogP contribution in [-0.2, 0) is 26.6 Å². The Kier molecular flexibility index (Phi) is 5.67. The van der Waals surface area contributed by atoms with Crippen LogP contribution in [0.3, 0.4) is 0 Å². The van der Waals surface area contributed by atoms with E-state index in [0.717, 1.165) is 4.68 Å². The van der Waals surface area contributed by atoms with Gasteiger partial charge in [-0.15, -0.1) is 0 Å². The fraction of sp³-hybridized carbons (Fsp3) is 0.158. The van der Waals surface area contributed by atoms with Crippen LogP contribution in [0.25, 0.3) is 10.8 Å². The Morgan fingerprint density at radius 1 is 1.10 bits per heavy atom. The van der Waals surface area contributed by atoms with Crippen molar-refractivity contribution in [2.45, 2.75) is 17.9 Å². The van der Waals surface area contributed by atoms with Crippen LogP contribution in [0, 0.1) is 0 Å². The summed E-state index contributed by atoms with van der Waals surface area (Å²) in [6.07, 6.45) is -1.19. The Morgan fingerprint density at radius 2 is 1.70 bits per heavy atom. The number of esters is 1. The minimum atomic E-state index is -3.85. The second kappa shape index (κ2) is 8.05. The van der Waals surface area contributed by atoms with Crippen molar-refractivity contribution in [2.24, 2.45) is 12.2 Å². The molecule has 0 radical (unpaired) electrons. The van der Waals surface area contributed by atoms with Gasteiger partial charge in [0.1, 0.15) is 0 Å². The third-order valence-electron chi connectivity index (χ3n) is 4.25. The highest BCUT2D eigenvalue weighted by Crippen LogP contribution is 2.16. The number of amides is 1. The second-order valence-corrected chi connectivity index (χ2v) is 7.99. The molecule has 156 valence electrons. The average molecular weight is 430 g/mol. The average Bonchev–Trinajstić information content (AvgIpc) is 2.70. The fourth-order valence-electron chi connectivity index (χ4n) is 2.69. The minimum absolute atomic E-state index is 0.0927. The molecule has 10 nitrogen and oxygen atoms in total. The lowest BCUT2D eigenvalue weighted by Crippen LogP contribution is -2.31. The molecule has 0 fully saturated rings. The van der Waals surface area contributed by atoms with Gasteiger partial charge in [0.15, 0.2) is 11.8 Å². The van der Waals surface area contributed by atoms with E-state index >= 15 is 0 Å². The maximum absolute atomic E-state index is 12.6.